The fraction of sp³-hybridized carbons (Fsp3) is 0.929. The lowest BCUT2D eigenvalue weighted by Gasteiger charge is -2.26. The second kappa shape index (κ2) is 8.51. The van der Waals surface area contributed by atoms with Crippen molar-refractivity contribution < 1.29 is 4.79 Å². The van der Waals surface area contributed by atoms with Gasteiger partial charge in [-0.15, -0.1) is 0 Å². The lowest BCUT2D eigenvalue weighted by atomic mass is 9.95. The van der Waals surface area contributed by atoms with Crippen LogP contribution in [0.3, 0.4) is 0 Å². The summed E-state index contributed by atoms with van der Waals surface area (Å²) in [6.45, 7) is 6.43. The highest BCUT2D eigenvalue weighted by Gasteiger charge is 2.21. The number of piperidine rings is 1. The van der Waals surface area contributed by atoms with Crippen LogP contribution in [0.15, 0.2) is 0 Å². The van der Waals surface area contributed by atoms with Gasteiger partial charge < -0.3 is 10.6 Å². The van der Waals surface area contributed by atoms with Crippen LogP contribution in [0.4, 0.5) is 0 Å². The van der Waals surface area contributed by atoms with E-state index in [0.717, 1.165) is 45.2 Å². The average Bonchev–Trinajstić information content (AvgIpc) is 2.35. The zero-order chi connectivity index (χ0) is 12.5. The zero-order valence-corrected chi connectivity index (χ0v) is 11.4. The van der Waals surface area contributed by atoms with Crippen molar-refractivity contribution in [3.63, 3.8) is 0 Å². The van der Waals surface area contributed by atoms with E-state index in [-0.39, 0.29) is 5.92 Å². The Kier molecular flexibility index (Phi) is 7.25. The van der Waals surface area contributed by atoms with Crippen molar-refractivity contribution in [1.29, 1.82) is 0 Å². The molecule has 2 N–H and O–H groups in total. The first-order valence-electron chi connectivity index (χ1n) is 7.29. The first kappa shape index (κ1) is 14.5. The quantitative estimate of drug-likeness (QED) is 0.718. The number of amides is 1. The molecule has 1 rings (SSSR count). The van der Waals surface area contributed by atoms with Gasteiger partial charge in [0.2, 0.25) is 5.91 Å². The molecule has 1 unspecified atom stereocenters. The van der Waals surface area contributed by atoms with Crippen molar-refractivity contribution in [2.75, 3.05) is 13.1 Å². The van der Waals surface area contributed by atoms with Gasteiger partial charge in [-0.2, -0.15) is 0 Å². The molecule has 0 aromatic carbocycles. The van der Waals surface area contributed by atoms with Crippen molar-refractivity contribution in [3.05, 3.63) is 0 Å². The molecular weight excluding hydrogens is 212 g/mol. The van der Waals surface area contributed by atoms with E-state index in [0.29, 0.717) is 11.9 Å². The van der Waals surface area contributed by atoms with Crippen LogP contribution in [-0.2, 0) is 4.79 Å². The van der Waals surface area contributed by atoms with Crippen molar-refractivity contribution >= 4 is 5.91 Å². The topological polar surface area (TPSA) is 41.1 Å². The molecule has 0 radical (unpaired) electrons. The van der Waals surface area contributed by atoms with Gasteiger partial charge in [0.25, 0.3) is 0 Å². The Morgan fingerprint density at radius 3 is 2.53 bits per heavy atom. The van der Waals surface area contributed by atoms with E-state index in [2.05, 4.69) is 24.5 Å². The van der Waals surface area contributed by atoms with Crippen molar-refractivity contribution in [1.82, 2.24) is 10.6 Å². The Morgan fingerprint density at radius 1 is 1.24 bits per heavy atom. The summed E-state index contributed by atoms with van der Waals surface area (Å²) in [4.78, 5) is 12.2. The number of nitrogens with one attached hydrogen (secondary N) is 2. The van der Waals surface area contributed by atoms with Crippen molar-refractivity contribution in [2.24, 2.45) is 5.92 Å². The summed E-state index contributed by atoms with van der Waals surface area (Å²) in [5.41, 5.74) is 0. The summed E-state index contributed by atoms with van der Waals surface area (Å²) in [6, 6.07) is 0.407. The maximum atomic E-state index is 12.2. The normalized spacial score (nSPS) is 18.9. The second-order valence-electron chi connectivity index (χ2n) is 5.16. The van der Waals surface area contributed by atoms with Gasteiger partial charge in [-0.05, 0) is 38.8 Å². The van der Waals surface area contributed by atoms with Gasteiger partial charge in [-0.3, -0.25) is 4.79 Å². The fourth-order valence-corrected chi connectivity index (χ4v) is 2.49. The van der Waals surface area contributed by atoms with E-state index in [4.69, 9.17) is 0 Å². The monoisotopic (exact) mass is 240 g/mol. The van der Waals surface area contributed by atoms with Gasteiger partial charge in [-0.25, -0.2) is 0 Å². The maximum absolute atomic E-state index is 12.2. The molecule has 1 aliphatic heterocycles. The van der Waals surface area contributed by atoms with Gasteiger partial charge in [0, 0.05) is 12.0 Å². The van der Waals surface area contributed by atoms with Crippen LogP contribution < -0.4 is 10.6 Å². The lowest BCUT2D eigenvalue weighted by molar-refractivity contribution is -0.126. The molecule has 1 fully saturated rings. The highest BCUT2D eigenvalue weighted by Crippen LogP contribution is 2.16. The number of rotatable bonds is 7. The summed E-state index contributed by atoms with van der Waals surface area (Å²) in [5.74, 6) is 0.544. The summed E-state index contributed by atoms with van der Waals surface area (Å²) in [6.07, 6.45) is 7.72. The molecule has 1 amide bonds. The molecule has 1 aliphatic rings. The number of carbonyl (C=O) groups excluding carboxylic acids is 1. The molecule has 100 valence electrons. The number of unbranched alkanes of at least 4 members (excludes halogenated alkanes) is 1. The van der Waals surface area contributed by atoms with Crippen LogP contribution in [0.2, 0.25) is 0 Å². The van der Waals surface area contributed by atoms with E-state index >= 15 is 0 Å². The third kappa shape index (κ3) is 5.53. The molecule has 0 aromatic rings. The number of hydrogen-bond acceptors (Lipinski definition) is 2. The molecule has 1 atom stereocenters. The van der Waals surface area contributed by atoms with Crippen LogP contribution in [0.5, 0.6) is 0 Å². The minimum atomic E-state index is 0.245. The third-order valence-electron chi connectivity index (χ3n) is 3.60. The molecular formula is C14H28N2O. The van der Waals surface area contributed by atoms with E-state index in [1.165, 1.54) is 12.8 Å². The predicted molar refractivity (Wildman–Crippen MR) is 72.0 cm³/mol. The Morgan fingerprint density at radius 2 is 1.94 bits per heavy atom. The van der Waals surface area contributed by atoms with Crippen LogP contribution in [0, 0.1) is 5.92 Å². The Labute approximate surface area is 106 Å². The average molecular weight is 240 g/mol. The first-order chi connectivity index (χ1) is 8.27. The molecule has 1 heterocycles. The van der Waals surface area contributed by atoms with Crippen LogP contribution in [-0.4, -0.2) is 25.0 Å². The molecule has 3 nitrogen and oxygen atoms in total. The van der Waals surface area contributed by atoms with Gasteiger partial charge in [0.05, 0.1) is 0 Å². The van der Waals surface area contributed by atoms with Crippen LogP contribution >= 0.6 is 0 Å². The highest BCUT2D eigenvalue weighted by molar-refractivity contribution is 5.78. The summed E-state index contributed by atoms with van der Waals surface area (Å²) >= 11 is 0. The van der Waals surface area contributed by atoms with Crippen LogP contribution in [0.1, 0.15) is 58.8 Å². The van der Waals surface area contributed by atoms with E-state index in [1.807, 2.05) is 0 Å². The highest BCUT2D eigenvalue weighted by atomic mass is 16.1. The second-order valence-corrected chi connectivity index (χ2v) is 5.16. The molecule has 17 heavy (non-hydrogen) atoms. The number of carbonyl (C=O) groups is 1. The minimum Gasteiger partial charge on any atom is -0.353 e. The van der Waals surface area contributed by atoms with Crippen LogP contribution in [0.25, 0.3) is 0 Å². The minimum absolute atomic E-state index is 0.245. The van der Waals surface area contributed by atoms with Gasteiger partial charge in [-0.1, -0.05) is 33.1 Å². The molecule has 0 aliphatic carbocycles. The van der Waals surface area contributed by atoms with Gasteiger partial charge in [0.15, 0.2) is 0 Å². The summed E-state index contributed by atoms with van der Waals surface area (Å²) in [5, 5.41) is 6.56. The molecule has 0 saturated carbocycles. The number of hydrogen-bond donors (Lipinski definition) is 2. The predicted octanol–water partition coefficient (Wildman–Crippen LogP) is 2.46. The van der Waals surface area contributed by atoms with Crippen molar-refractivity contribution in [2.45, 2.75) is 64.8 Å². The van der Waals surface area contributed by atoms with E-state index in [1.54, 1.807) is 0 Å². The zero-order valence-electron chi connectivity index (χ0n) is 11.4. The smallest absolute Gasteiger partial charge is 0.223 e. The molecule has 0 aromatic heterocycles. The summed E-state index contributed by atoms with van der Waals surface area (Å²) < 4.78 is 0. The van der Waals surface area contributed by atoms with Crippen molar-refractivity contribution in [3.8, 4) is 0 Å². The molecule has 0 spiro atoms. The standard InChI is InChI=1S/C14H28N2O/c1-3-5-7-12(6-4-2)14(17)16-13-8-10-15-11-9-13/h12-13,15H,3-11H2,1-2H3,(H,16,17). The Balaban J connectivity index is 2.34. The van der Waals surface area contributed by atoms with Gasteiger partial charge in [0.1, 0.15) is 0 Å². The van der Waals surface area contributed by atoms with E-state index < -0.39 is 0 Å². The molecule has 0 bridgehead atoms. The fourth-order valence-electron chi connectivity index (χ4n) is 2.49. The Bertz CT molecular complexity index is 212. The maximum Gasteiger partial charge on any atom is 0.223 e. The first-order valence-corrected chi connectivity index (χ1v) is 7.29. The Hall–Kier alpha value is -0.570. The largest absolute Gasteiger partial charge is 0.353 e. The SMILES string of the molecule is CCCCC(CCC)C(=O)NC1CCNCC1. The molecule has 1 saturated heterocycles. The molecule has 3 heteroatoms. The third-order valence-corrected chi connectivity index (χ3v) is 3.60. The summed E-state index contributed by atoms with van der Waals surface area (Å²) in [7, 11) is 0. The van der Waals surface area contributed by atoms with Gasteiger partial charge >= 0.3 is 0 Å². The van der Waals surface area contributed by atoms with E-state index in [9.17, 15) is 4.79 Å². The lowest BCUT2D eigenvalue weighted by Crippen LogP contribution is -2.44.